The topological polar surface area (TPSA) is 40.6 Å². The maximum atomic E-state index is 12.3. The van der Waals surface area contributed by atoms with Crippen molar-refractivity contribution in [3.05, 3.63) is 60.7 Å². The van der Waals surface area contributed by atoms with E-state index >= 15 is 0 Å². The Kier molecular flexibility index (Phi) is 4.60. The van der Waals surface area contributed by atoms with Gasteiger partial charge >= 0.3 is 6.03 Å². The number of amides is 3. The number of urea groups is 1. The molecule has 95 valence electrons. The van der Waals surface area contributed by atoms with Gasteiger partial charge in [-0.3, -0.25) is 9.69 Å². The summed E-state index contributed by atoms with van der Waals surface area (Å²) in [5, 5.41) is 0. The van der Waals surface area contributed by atoms with Gasteiger partial charge in [0.25, 0.3) is 5.91 Å². The van der Waals surface area contributed by atoms with Crippen molar-refractivity contribution in [3.63, 3.8) is 0 Å². The van der Waals surface area contributed by atoms with Crippen molar-refractivity contribution in [2.24, 2.45) is 0 Å². The van der Waals surface area contributed by atoms with E-state index in [0.717, 1.165) is 5.69 Å². The third-order valence-corrected chi connectivity index (χ3v) is 3.05. The van der Waals surface area contributed by atoms with Crippen LogP contribution >= 0.6 is 0 Å². The molecule has 5 heteroatoms. The van der Waals surface area contributed by atoms with Crippen LogP contribution in [0.2, 0.25) is 0 Å². The molecule has 0 spiro atoms. The fraction of sp³-hybridized carbons (Fsp3) is 0.0667. The second-order valence-corrected chi connectivity index (χ2v) is 4.27. The van der Waals surface area contributed by atoms with Gasteiger partial charge in [0.15, 0.2) is 0 Å². The molecule has 0 N–H and O–H groups in total. The average molecular weight is 275 g/mol. The Hall–Kier alpha value is -1.62. The molecule has 3 amide bonds. The van der Waals surface area contributed by atoms with Crippen LogP contribution in [0.1, 0.15) is 0 Å². The molecular formula is C15H12N2NaO2. The number of carbonyl (C=O) groups excluding carboxylic acids is 2. The molecule has 2 aromatic rings. The first-order valence-corrected chi connectivity index (χ1v) is 6.02. The summed E-state index contributed by atoms with van der Waals surface area (Å²) < 4.78 is 0. The van der Waals surface area contributed by atoms with E-state index in [-0.39, 0.29) is 48.0 Å². The molecule has 2 aromatic carbocycles. The van der Waals surface area contributed by atoms with Crippen LogP contribution in [-0.4, -0.2) is 48.0 Å². The SMILES string of the molecule is O=C1CN(c2ccccc2)C(=O)N1c1ccccc1.[Na]. The Labute approximate surface area is 139 Å². The van der Waals surface area contributed by atoms with Crippen molar-refractivity contribution < 1.29 is 9.59 Å². The van der Waals surface area contributed by atoms with Gasteiger partial charge in [0.2, 0.25) is 0 Å². The minimum atomic E-state index is -0.303. The molecule has 4 nitrogen and oxygen atoms in total. The summed E-state index contributed by atoms with van der Waals surface area (Å²) in [6.07, 6.45) is 0. The molecule has 0 aromatic heterocycles. The normalized spacial score (nSPS) is 14.4. The zero-order valence-corrected chi connectivity index (χ0v) is 13.2. The van der Waals surface area contributed by atoms with Gasteiger partial charge in [-0.15, -0.1) is 0 Å². The summed E-state index contributed by atoms with van der Waals surface area (Å²) in [5.74, 6) is -0.208. The molecule has 0 unspecified atom stereocenters. The summed E-state index contributed by atoms with van der Waals surface area (Å²) in [6.45, 7) is 0.0811. The van der Waals surface area contributed by atoms with E-state index in [1.807, 2.05) is 36.4 Å². The smallest absolute Gasteiger partial charge is 0.284 e. The minimum absolute atomic E-state index is 0. The Morgan fingerprint density at radius 1 is 0.750 bits per heavy atom. The molecule has 20 heavy (non-hydrogen) atoms. The summed E-state index contributed by atoms with van der Waals surface area (Å²) in [7, 11) is 0. The van der Waals surface area contributed by atoms with Crippen molar-refractivity contribution in [1.82, 2.24) is 0 Å². The zero-order valence-electron chi connectivity index (χ0n) is 11.2. The molecule has 1 fully saturated rings. The Bertz CT molecular complexity index is 616. The monoisotopic (exact) mass is 275 g/mol. The second-order valence-electron chi connectivity index (χ2n) is 4.27. The summed E-state index contributed by atoms with van der Waals surface area (Å²) in [4.78, 5) is 27.1. The second kappa shape index (κ2) is 6.22. The van der Waals surface area contributed by atoms with Gasteiger partial charge in [0.1, 0.15) is 6.54 Å². The molecule has 1 heterocycles. The van der Waals surface area contributed by atoms with Crippen LogP contribution in [0.25, 0.3) is 0 Å². The third kappa shape index (κ3) is 2.63. The molecule has 1 saturated heterocycles. The number of para-hydroxylation sites is 2. The van der Waals surface area contributed by atoms with Gasteiger partial charge < -0.3 is 0 Å². The molecule has 0 atom stereocenters. The van der Waals surface area contributed by atoms with E-state index in [0.29, 0.717) is 5.69 Å². The maximum Gasteiger partial charge on any atom is 0.336 e. The molecule has 1 aliphatic rings. The van der Waals surface area contributed by atoms with Crippen LogP contribution < -0.4 is 9.80 Å². The number of imide groups is 1. The number of benzene rings is 2. The van der Waals surface area contributed by atoms with Crippen molar-refractivity contribution in [2.45, 2.75) is 0 Å². The first-order valence-electron chi connectivity index (χ1n) is 6.02. The van der Waals surface area contributed by atoms with Crippen LogP contribution in [0.3, 0.4) is 0 Å². The average Bonchev–Trinajstić information content (AvgIpc) is 2.76. The Morgan fingerprint density at radius 2 is 1.25 bits per heavy atom. The first-order chi connectivity index (χ1) is 9.27. The van der Waals surface area contributed by atoms with Crippen LogP contribution in [-0.2, 0) is 4.79 Å². The number of nitrogens with zero attached hydrogens (tertiary/aromatic N) is 2. The number of hydrogen-bond acceptors (Lipinski definition) is 2. The largest absolute Gasteiger partial charge is 0.336 e. The number of carbonyl (C=O) groups is 2. The zero-order chi connectivity index (χ0) is 13.2. The molecule has 1 radical (unpaired) electrons. The van der Waals surface area contributed by atoms with E-state index in [1.54, 1.807) is 24.3 Å². The molecular weight excluding hydrogens is 263 g/mol. The maximum absolute atomic E-state index is 12.3. The van der Waals surface area contributed by atoms with Gasteiger partial charge in [-0.2, -0.15) is 0 Å². The quantitative estimate of drug-likeness (QED) is 0.623. The summed E-state index contributed by atoms with van der Waals surface area (Å²) in [6, 6.07) is 17.9. The number of hydrogen-bond donors (Lipinski definition) is 0. The molecule has 0 saturated carbocycles. The van der Waals surface area contributed by atoms with Gasteiger partial charge in [0, 0.05) is 35.2 Å². The Morgan fingerprint density at radius 3 is 1.80 bits per heavy atom. The van der Waals surface area contributed by atoms with Gasteiger partial charge in [-0.1, -0.05) is 36.4 Å². The van der Waals surface area contributed by atoms with E-state index in [2.05, 4.69) is 0 Å². The minimum Gasteiger partial charge on any atom is -0.284 e. The number of anilines is 2. The molecule has 0 aliphatic carbocycles. The fourth-order valence-electron chi connectivity index (χ4n) is 2.14. The number of rotatable bonds is 2. The molecule has 1 aliphatic heterocycles. The molecule has 0 bridgehead atoms. The van der Waals surface area contributed by atoms with Crippen LogP contribution in [0.5, 0.6) is 0 Å². The standard InChI is InChI=1S/C15H12N2O2.Na/c18-14-11-16(12-7-3-1-4-8-12)15(19)17(14)13-9-5-2-6-10-13;/h1-10H,11H2;. The van der Waals surface area contributed by atoms with Crippen LogP contribution in [0, 0.1) is 0 Å². The van der Waals surface area contributed by atoms with Crippen molar-refractivity contribution in [2.75, 3.05) is 16.3 Å². The van der Waals surface area contributed by atoms with Crippen molar-refractivity contribution >= 4 is 52.9 Å². The van der Waals surface area contributed by atoms with Crippen LogP contribution in [0.15, 0.2) is 60.7 Å². The van der Waals surface area contributed by atoms with Crippen molar-refractivity contribution in [1.29, 1.82) is 0 Å². The third-order valence-electron chi connectivity index (χ3n) is 3.05. The predicted molar refractivity (Wildman–Crippen MR) is 78.9 cm³/mol. The summed E-state index contributed by atoms with van der Waals surface area (Å²) in [5.41, 5.74) is 1.34. The van der Waals surface area contributed by atoms with Gasteiger partial charge in [0.05, 0.1) is 5.69 Å². The van der Waals surface area contributed by atoms with Crippen LogP contribution in [0.4, 0.5) is 16.2 Å². The van der Waals surface area contributed by atoms with Gasteiger partial charge in [-0.05, 0) is 24.3 Å². The van der Waals surface area contributed by atoms with E-state index in [1.165, 1.54) is 9.80 Å². The fourth-order valence-corrected chi connectivity index (χ4v) is 2.14. The summed E-state index contributed by atoms with van der Waals surface area (Å²) >= 11 is 0. The van der Waals surface area contributed by atoms with E-state index in [9.17, 15) is 9.59 Å². The molecule has 3 rings (SSSR count). The van der Waals surface area contributed by atoms with Crippen molar-refractivity contribution in [3.8, 4) is 0 Å². The predicted octanol–water partition coefficient (Wildman–Crippen LogP) is 2.28. The van der Waals surface area contributed by atoms with Gasteiger partial charge in [-0.25, -0.2) is 9.69 Å². The van der Waals surface area contributed by atoms with E-state index < -0.39 is 0 Å². The van der Waals surface area contributed by atoms with E-state index in [4.69, 9.17) is 0 Å². The first kappa shape index (κ1) is 14.8. The Balaban J connectivity index is 0.00000147.